The molecular formula is C16H17N5O2. The lowest BCUT2D eigenvalue weighted by Gasteiger charge is -2.08. The van der Waals surface area contributed by atoms with Gasteiger partial charge in [-0.1, -0.05) is 24.3 Å². The summed E-state index contributed by atoms with van der Waals surface area (Å²) in [7, 11) is 0. The van der Waals surface area contributed by atoms with Crippen LogP contribution in [0.1, 0.15) is 23.0 Å². The van der Waals surface area contributed by atoms with Gasteiger partial charge in [0.15, 0.2) is 0 Å². The number of rotatable bonds is 5. The molecule has 3 rings (SSSR count). The average Bonchev–Trinajstić information content (AvgIpc) is 2.98. The normalized spacial score (nSPS) is 10.8. The van der Waals surface area contributed by atoms with Crippen molar-refractivity contribution in [3.8, 4) is 0 Å². The number of aryl methyl sites for hydroxylation is 1. The van der Waals surface area contributed by atoms with E-state index in [1.165, 1.54) is 6.07 Å². The molecule has 118 valence electrons. The van der Waals surface area contributed by atoms with Crippen LogP contribution in [-0.4, -0.2) is 32.4 Å². The van der Waals surface area contributed by atoms with E-state index in [2.05, 4.69) is 20.6 Å². The highest BCUT2D eigenvalue weighted by Gasteiger charge is 2.11. The van der Waals surface area contributed by atoms with Gasteiger partial charge in [-0.15, -0.1) is 5.10 Å². The lowest BCUT2D eigenvalue weighted by Crippen LogP contribution is -2.29. The van der Waals surface area contributed by atoms with Crippen LogP contribution < -0.4 is 10.9 Å². The first kappa shape index (κ1) is 15.0. The smallest absolute Gasteiger partial charge is 0.253 e. The summed E-state index contributed by atoms with van der Waals surface area (Å²) >= 11 is 0. The Kier molecular flexibility index (Phi) is 4.18. The maximum Gasteiger partial charge on any atom is 0.253 e. The molecule has 0 aliphatic carbocycles. The van der Waals surface area contributed by atoms with Gasteiger partial charge in [-0.05, 0) is 24.6 Å². The van der Waals surface area contributed by atoms with Crippen molar-refractivity contribution < 1.29 is 4.79 Å². The van der Waals surface area contributed by atoms with Crippen molar-refractivity contribution in [2.24, 2.45) is 0 Å². The molecule has 1 amide bonds. The molecule has 7 heteroatoms. The number of carbonyl (C=O) groups excluding carboxylic acids is 1. The number of aromatic nitrogens is 4. The molecule has 2 N–H and O–H groups in total. The number of para-hydroxylation sites is 1. The fourth-order valence-corrected chi connectivity index (χ4v) is 2.46. The van der Waals surface area contributed by atoms with Crippen molar-refractivity contribution in [1.82, 2.24) is 25.3 Å². The standard InChI is InChI=1S/C16H17N5O2/c1-2-12-11(7-8-15(22)18-12)16(23)17-9-10-21-14-6-4-3-5-13(14)19-20-21/h3-8H,2,9-10H2,1H3,(H,17,23)(H,18,22). The van der Waals surface area contributed by atoms with Gasteiger partial charge in [-0.25, -0.2) is 4.68 Å². The van der Waals surface area contributed by atoms with E-state index in [0.717, 1.165) is 11.0 Å². The summed E-state index contributed by atoms with van der Waals surface area (Å²) in [6.45, 7) is 2.84. The molecule has 2 aromatic heterocycles. The molecule has 0 unspecified atom stereocenters. The zero-order chi connectivity index (χ0) is 16.2. The molecular weight excluding hydrogens is 294 g/mol. The van der Waals surface area contributed by atoms with Gasteiger partial charge in [0.1, 0.15) is 5.52 Å². The number of carbonyl (C=O) groups is 1. The number of nitrogens with zero attached hydrogens (tertiary/aromatic N) is 3. The van der Waals surface area contributed by atoms with Gasteiger partial charge >= 0.3 is 0 Å². The summed E-state index contributed by atoms with van der Waals surface area (Å²) in [6, 6.07) is 10.6. The second-order valence-electron chi connectivity index (χ2n) is 5.13. The summed E-state index contributed by atoms with van der Waals surface area (Å²) in [4.78, 5) is 26.3. The van der Waals surface area contributed by atoms with E-state index in [4.69, 9.17) is 0 Å². The zero-order valence-corrected chi connectivity index (χ0v) is 12.7. The second kappa shape index (κ2) is 6.43. The molecule has 2 heterocycles. The van der Waals surface area contributed by atoms with Crippen molar-refractivity contribution in [3.05, 3.63) is 58.0 Å². The van der Waals surface area contributed by atoms with Gasteiger partial charge in [0, 0.05) is 18.3 Å². The highest BCUT2D eigenvalue weighted by Crippen LogP contribution is 2.09. The van der Waals surface area contributed by atoms with E-state index in [-0.39, 0.29) is 11.5 Å². The predicted molar refractivity (Wildman–Crippen MR) is 86.3 cm³/mol. The third kappa shape index (κ3) is 3.13. The first-order valence-electron chi connectivity index (χ1n) is 7.47. The number of fused-ring (bicyclic) bond motifs is 1. The first-order chi connectivity index (χ1) is 11.2. The molecule has 3 aromatic rings. The molecule has 23 heavy (non-hydrogen) atoms. The third-order valence-corrected chi connectivity index (χ3v) is 3.63. The molecule has 0 fully saturated rings. The molecule has 0 saturated carbocycles. The minimum absolute atomic E-state index is 0.201. The summed E-state index contributed by atoms with van der Waals surface area (Å²) in [5, 5.41) is 11.0. The molecule has 0 atom stereocenters. The van der Waals surface area contributed by atoms with E-state index in [1.807, 2.05) is 31.2 Å². The highest BCUT2D eigenvalue weighted by molar-refractivity contribution is 5.95. The Morgan fingerprint density at radius 1 is 1.26 bits per heavy atom. The number of hydrogen-bond donors (Lipinski definition) is 2. The van der Waals surface area contributed by atoms with Gasteiger partial charge in [0.2, 0.25) is 5.56 Å². The van der Waals surface area contributed by atoms with Crippen LogP contribution in [0.25, 0.3) is 11.0 Å². The fourth-order valence-electron chi connectivity index (χ4n) is 2.46. The summed E-state index contributed by atoms with van der Waals surface area (Å²) < 4.78 is 1.75. The van der Waals surface area contributed by atoms with Crippen molar-refractivity contribution in [3.63, 3.8) is 0 Å². The Hall–Kier alpha value is -2.96. The molecule has 0 aliphatic heterocycles. The number of nitrogens with one attached hydrogen (secondary N) is 2. The van der Waals surface area contributed by atoms with Crippen molar-refractivity contribution >= 4 is 16.9 Å². The van der Waals surface area contributed by atoms with Gasteiger partial charge in [0.05, 0.1) is 17.6 Å². The van der Waals surface area contributed by atoms with Crippen LogP contribution >= 0.6 is 0 Å². The maximum absolute atomic E-state index is 12.2. The molecule has 0 aliphatic rings. The topological polar surface area (TPSA) is 92.7 Å². The van der Waals surface area contributed by atoms with Gasteiger partial charge < -0.3 is 10.3 Å². The van der Waals surface area contributed by atoms with Gasteiger partial charge in [-0.3, -0.25) is 9.59 Å². The zero-order valence-electron chi connectivity index (χ0n) is 12.7. The van der Waals surface area contributed by atoms with E-state index in [9.17, 15) is 9.59 Å². The number of hydrogen-bond acceptors (Lipinski definition) is 4. The van der Waals surface area contributed by atoms with Gasteiger partial charge in [0.25, 0.3) is 5.91 Å². The Morgan fingerprint density at radius 3 is 2.91 bits per heavy atom. The monoisotopic (exact) mass is 311 g/mol. The van der Waals surface area contributed by atoms with E-state index in [0.29, 0.717) is 30.8 Å². The largest absolute Gasteiger partial charge is 0.350 e. The van der Waals surface area contributed by atoms with Crippen LogP contribution in [0, 0.1) is 0 Å². The van der Waals surface area contributed by atoms with Crippen LogP contribution in [0.15, 0.2) is 41.2 Å². The fraction of sp³-hybridized carbons (Fsp3) is 0.250. The average molecular weight is 311 g/mol. The lowest BCUT2D eigenvalue weighted by molar-refractivity contribution is 0.0950. The van der Waals surface area contributed by atoms with Crippen LogP contribution in [0.5, 0.6) is 0 Å². The van der Waals surface area contributed by atoms with Crippen LogP contribution in [0.4, 0.5) is 0 Å². The molecule has 0 bridgehead atoms. The van der Waals surface area contributed by atoms with E-state index >= 15 is 0 Å². The second-order valence-corrected chi connectivity index (χ2v) is 5.13. The minimum atomic E-state index is -0.206. The molecule has 1 aromatic carbocycles. The Balaban J connectivity index is 1.67. The SMILES string of the molecule is CCc1[nH]c(=O)ccc1C(=O)NCCn1nnc2ccccc21. The molecule has 0 radical (unpaired) electrons. The summed E-state index contributed by atoms with van der Waals surface area (Å²) in [5.74, 6) is -0.206. The highest BCUT2D eigenvalue weighted by atomic mass is 16.1. The molecule has 7 nitrogen and oxygen atoms in total. The Labute approximate surface area is 132 Å². The summed E-state index contributed by atoms with van der Waals surface area (Å²) in [5.41, 5.74) is 2.69. The van der Waals surface area contributed by atoms with E-state index < -0.39 is 0 Å². The molecule has 0 spiro atoms. The number of aromatic amines is 1. The minimum Gasteiger partial charge on any atom is -0.350 e. The lowest BCUT2D eigenvalue weighted by atomic mass is 10.1. The number of amides is 1. The van der Waals surface area contributed by atoms with Crippen molar-refractivity contribution in [2.75, 3.05) is 6.54 Å². The summed E-state index contributed by atoms with van der Waals surface area (Å²) in [6.07, 6.45) is 0.590. The van der Waals surface area contributed by atoms with E-state index in [1.54, 1.807) is 10.7 Å². The Bertz CT molecular complexity index is 897. The first-order valence-corrected chi connectivity index (χ1v) is 7.47. The molecule has 0 saturated heterocycles. The van der Waals surface area contributed by atoms with Gasteiger partial charge in [-0.2, -0.15) is 0 Å². The van der Waals surface area contributed by atoms with Crippen molar-refractivity contribution in [1.29, 1.82) is 0 Å². The van der Waals surface area contributed by atoms with Crippen LogP contribution in [0.3, 0.4) is 0 Å². The van der Waals surface area contributed by atoms with Crippen molar-refractivity contribution in [2.45, 2.75) is 19.9 Å². The predicted octanol–water partition coefficient (Wildman–Crippen LogP) is 1.11. The third-order valence-electron chi connectivity index (χ3n) is 3.63. The van der Waals surface area contributed by atoms with Crippen LogP contribution in [0.2, 0.25) is 0 Å². The van der Waals surface area contributed by atoms with Crippen LogP contribution in [-0.2, 0) is 13.0 Å². The maximum atomic E-state index is 12.2. The number of pyridine rings is 1. The quantitative estimate of drug-likeness (QED) is 0.738. The number of benzene rings is 1. The number of H-pyrrole nitrogens is 1. The Morgan fingerprint density at radius 2 is 2.09 bits per heavy atom.